The molecular weight excluding hydrogens is 735 g/mol. The van der Waals surface area contributed by atoms with E-state index >= 15 is 0 Å². The predicted octanol–water partition coefficient (Wildman–Crippen LogP) is 7.52. The van der Waals surface area contributed by atoms with E-state index in [9.17, 15) is 0 Å². The van der Waals surface area contributed by atoms with Gasteiger partial charge < -0.3 is 19.9 Å². The highest BCUT2D eigenvalue weighted by molar-refractivity contribution is 14.1. The zero-order valence-corrected chi connectivity index (χ0v) is 30.5. The lowest BCUT2D eigenvalue weighted by Gasteiger charge is -2.10. The standard InChI is InChI=1S/C46H35IN4/c1-28-8-12-31(13-9-28)44-37-22-20-35(48-37)43(30-6-4-3-5-7-30)36-21-23-38(49-36)45(32-14-10-29(2)11-15-32)40-25-27-42(51-40)46(41-26-24-39(44)50-41)33-16-18-34(47)19-17-33/h3-27,48-51H,1-2H3. The van der Waals surface area contributed by atoms with E-state index in [-0.39, 0.29) is 0 Å². The molecule has 0 spiro atoms. The molecule has 0 saturated carbocycles. The minimum atomic E-state index is 1.04. The van der Waals surface area contributed by atoms with Gasteiger partial charge in [-0.3, -0.25) is 0 Å². The number of benzene rings is 4. The van der Waals surface area contributed by atoms with E-state index in [1.807, 2.05) is 0 Å². The first-order valence-corrected chi connectivity index (χ1v) is 18.3. The largest absolute Gasteiger partial charge is 0.354 e. The molecule has 0 unspecified atom stereocenters. The third kappa shape index (κ3) is 5.83. The molecule has 0 aliphatic carbocycles. The summed E-state index contributed by atoms with van der Waals surface area (Å²) in [5, 5.41) is 4.16. The van der Waals surface area contributed by atoms with E-state index in [2.05, 4.69) is 208 Å². The second-order valence-corrected chi connectivity index (χ2v) is 14.5. The number of aromatic nitrogens is 4. The first-order valence-electron chi connectivity index (χ1n) is 17.2. The topological polar surface area (TPSA) is 63.2 Å². The average Bonchev–Trinajstić information content (AvgIpc) is 3.99. The van der Waals surface area contributed by atoms with Crippen molar-refractivity contribution in [3.63, 3.8) is 0 Å². The third-order valence-corrected chi connectivity index (χ3v) is 10.5. The van der Waals surface area contributed by atoms with Gasteiger partial charge in [0.15, 0.2) is 0 Å². The van der Waals surface area contributed by atoms with Gasteiger partial charge in [0.05, 0.1) is 0 Å². The van der Waals surface area contributed by atoms with E-state index in [0.29, 0.717) is 0 Å². The molecule has 4 N–H and O–H groups in total. The van der Waals surface area contributed by atoms with E-state index in [1.54, 1.807) is 0 Å². The summed E-state index contributed by atoms with van der Waals surface area (Å²) in [5.74, 6) is 0. The Morgan fingerprint density at radius 3 is 0.980 bits per heavy atom. The van der Waals surface area contributed by atoms with Gasteiger partial charge in [0.25, 0.3) is 0 Å². The van der Waals surface area contributed by atoms with Crippen LogP contribution in [-0.2, 0) is 0 Å². The Labute approximate surface area is 309 Å². The molecule has 5 heterocycles. The SMILES string of the molecule is Cc1ccc(C2=c3ccc([nH]3)=C(c3ccccc3)c3ccc([nH]3)C(c3ccc(C)cc3)=c3ccc([nH]3)=C(c3ccc(I)cc3)c3ccc2[nH]3)cc1. The lowest BCUT2D eigenvalue weighted by atomic mass is 10.0. The van der Waals surface area contributed by atoms with E-state index < -0.39 is 0 Å². The van der Waals surface area contributed by atoms with Crippen molar-refractivity contribution in [3.05, 3.63) is 233 Å². The van der Waals surface area contributed by atoms with Gasteiger partial charge in [-0.25, -0.2) is 0 Å². The molecule has 1 aliphatic rings. The van der Waals surface area contributed by atoms with Crippen LogP contribution in [0.5, 0.6) is 0 Å². The molecule has 9 rings (SSSR count). The first kappa shape index (κ1) is 31.2. The van der Waals surface area contributed by atoms with Gasteiger partial charge in [-0.2, -0.15) is 0 Å². The number of nitrogens with one attached hydrogen (secondary N) is 4. The number of rotatable bonds is 4. The van der Waals surface area contributed by atoms with Crippen LogP contribution in [0.4, 0.5) is 0 Å². The molecule has 4 nitrogen and oxygen atoms in total. The van der Waals surface area contributed by atoms with Crippen molar-refractivity contribution in [3.8, 4) is 0 Å². The van der Waals surface area contributed by atoms with Crippen molar-refractivity contribution < 1.29 is 0 Å². The van der Waals surface area contributed by atoms with Crippen LogP contribution in [0.1, 0.15) is 56.2 Å². The van der Waals surface area contributed by atoms with Gasteiger partial charge in [-0.05, 0) is 119 Å². The van der Waals surface area contributed by atoms with Crippen molar-refractivity contribution in [2.45, 2.75) is 13.8 Å². The van der Waals surface area contributed by atoms with Gasteiger partial charge in [-0.15, -0.1) is 0 Å². The number of hydrogen-bond acceptors (Lipinski definition) is 0. The second kappa shape index (κ2) is 12.8. The van der Waals surface area contributed by atoms with E-state index in [1.165, 1.54) is 14.7 Å². The lowest BCUT2D eigenvalue weighted by Crippen LogP contribution is -2.19. The maximum Gasteiger partial charge on any atom is 0.0485 e. The van der Waals surface area contributed by atoms with Crippen molar-refractivity contribution in [2.24, 2.45) is 0 Å². The summed E-state index contributed by atoms with van der Waals surface area (Å²) in [7, 11) is 0. The monoisotopic (exact) mass is 770 g/mol. The minimum absolute atomic E-state index is 1.04. The van der Waals surface area contributed by atoms with Crippen molar-refractivity contribution in [1.29, 1.82) is 0 Å². The Balaban J connectivity index is 1.43. The maximum absolute atomic E-state index is 3.88. The summed E-state index contributed by atoms with van der Waals surface area (Å²) in [6.45, 7) is 4.26. The number of fused-ring (bicyclic) bond motifs is 8. The summed E-state index contributed by atoms with van der Waals surface area (Å²) in [6, 6.07) is 54.7. The Hall–Kier alpha value is -5.79. The van der Waals surface area contributed by atoms with Crippen molar-refractivity contribution in [2.75, 3.05) is 0 Å². The zero-order valence-electron chi connectivity index (χ0n) is 28.3. The van der Waals surface area contributed by atoms with Gasteiger partial charge in [-0.1, -0.05) is 102 Å². The summed E-state index contributed by atoms with van der Waals surface area (Å²) >= 11 is 2.38. The van der Waals surface area contributed by atoms with Gasteiger partial charge in [0.2, 0.25) is 0 Å². The number of halogens is 1. The smallest absolute Gasteiger partial charge is 0.0485 e. The molecule has 4 aromatic carbocycles. The van der Waals surface area contributed by atoms with Crippen molar-refractivity contribution >= 4 is 44.9 Å². The van der Waals surface area contributed by atoms with Crippen molar-refractivity contribution in [1.82, 2.24) is 19.9 Å². The molecular formula is C46H35IN4. The zero-order chi connectivity index (χ0) is 34.5. The molecule has 5 heteroatoms. The molecule has 1 aliphatic heterocycles. The fourth-order valence-electron chi connectivity index (χ4n) is 7.23. The highest BCUT2D eigenvalue weighted by Gasteiger charge is 2.18. The lowest BCUT2D eigenvalue weighted by molar-refractivity contribution is 1.19. The minimum Gasteiger partial charge on any atom is -0.354 e. The van der Waals surface area contributed by atoms with Crippen LogP contribution in [-0.4, -0.2) is 19.9 Å². The number of aryl methyl sites for hydroxylation is 2. The second-order valence-electron chi connectivity index (χ2n) is 13.2. The molecule has 0 fully saturated rings. The number of hydrogen-bond donors (Lipinski definition) is 4. The molecule has 0 amide bonds. The molecule has 0 atom stereocenters. The molecule has 8 aromatic rings. The Morgan fingerprint density at radius 2 is 0.627 bits per heavy atom. The summed E-state index contributed by atoms with van der Waals surface area (Å²) in [5.41, 5.74) is 15.6. The third-order valence-electron chi connectivity index (χ3n) is 9.77. The van der Waals surface area contributed by atoms with Crippen LogP contribution in [0, 0.1) is 17.4 Å². The summed E-state index contributed by atoms with van der Waals surface area (Å²) in [6.07, 6.45) is 0. The fraction of sp³-hybridized carbons (Fsp3) is 0.0435. The molecule has 8 bridgehead atoms. The van der Waals surface area contributed by atoms with Crippen LogP contribution < -0.4 is 21.4 Å². The van der Waals surface area contributed by atoms with Crippen LogP contribution >= 0.6 is 22.6 Å². The average molecular weight is 771 g/mol. The Bertz CT molecular complexity index is 2790. The maximum atomic E-state index is 3.88. The normalized spacial score (nSPS) is 12.8. The Kier molecular flexibility index (Phi) is 7.85. The quantitative estimate of drug-likeness (QED) is 0.134. The van der Waals surface area contributed by atoms with Gasteiger partial charge in [0.1, 0.15) is 0 Å². The summed E-state index contributed by atoms with van der Waals surface area (Å²) < 4.78 is 1.20. The van der Waals surface area contributed by atoms with Crippen LogP contribution in [0.25, 0.3) is 22.3 Å². The van der Waals surface area contributed by atoms with Gasteiger partial charge >= 0.3 is 0 Å². The Morgan fingerprint density at radius 1 is 0.314 bits per heavy atom. The van der Waals surface area contributed by atoms with Crippen LogP contribution in [0.3, 0.4) is 0 Å². The number of H-pyrrole nitrogens is 4. The fourth-order valence-corrected chi connectivity index (χ4v) is 7.59. The molecule has 4 aromatic heterocycles. The van der Waals surface area contributed by atoms with E-state index in [0.717, 1.165) is 88.7 Å². The van der Waals surface area contributed by atoms with Gasteiger partial charge in [0, 0.05) is 70.0 Å². The summed E-state index contributed by atoms with van der Waals surface area (Å²) in [4.78, 5) is 15.5. The number of aromatic amines is 4. The molecule has 0 radical (unpaired) electrons. The first-order chi connectivity index (χ1) is 25.0. The molecule has 0 saturated heterocycles. The highest BCUT2D eigenvalue weighted by atomic mass is 127. The highest BCUT2D eigenvalue weighted by Crippen LogP contribution is 2.28. The molecule has 246 valence electrons. The molecule has 51 heavy (non-hydrogen) atoms. The van der Waals surface area contributed by atoms with Crippen LogP contribution in [0.2, 0.25) is 0 Å². The van der Waals surface area contributed by atoms with E-state index in [4.69, 9.17) is 0 Å². The predicted molar refractivity (Wildman–Crippen MR) is 216 cm³/mol. The van der Waals surface area contributed by atoms with Crippen LogP contribution in [0.15, 0.2) is 152 Å².